The maximum absolute atomic E-state index is 8.74. The van der Waals surface area contributed by atoms with Gasteiger partial charge in [0.05, 0.1) is 0 Å². The minimum atomic E-state index is -4.67. The largest absolute Gasteiger partial charge is 0.394 e. The molecular formula is H3CeClO4S. The van der Waals surface area contributed by atoms with Crippen LogP contribution in [0.2, 0.25) is 0 Å². The van der Waals surface area contributed by atoms with Crippen LogP contribution in [0, 0.1) is 41.7 Å². The molecule has 0 aliphatic rings. The van der Waals surface area contributed by atoms with Crippen molar-refractivity contribution >= 4 is 22.8 Å². The fraction of sp³-hybridized carbons (Fsp3) is 0. The Morgan fingerprint density at radius 3 is 1.14 bits per heavy atom. The molecule has 44 valence electrons. The van der Waals surface area contributed by atoms with Gasteiger partial charge in [-0.3, -0.25) is 9.11 Å². The molecule has 0 unspecified atom stereocenters. The number of rotatable bonds is 0. The zero-order chi connectivity index (χ0) is 4.50. The Balaban J connectivity index is -0.0000000800. The maximum atomic E-state index is 8.74. The van der Waals surface area contributed by atoms with Crippen molar-refractivity contribution in [3.8, 4) is 0 Å². The van der Waals surface area contributed by atoms with E-state index in [2.05, 4.69) is 0 Å². The van der Waals surface area contributed by atoms with Crippen molar-refractivity contribution < 1.29 is 59.3 Å². The molecule has 0 aliphatic heterocycles. The van der Waals surface area contributed by atoms with Crippen LogP contribution in [0.3, 0.4) is 0 Å². The van der Waals surface area contributed by atoms with E-state index in [0.717, 1.165) is 0 Å². The molecule has 0 radical (unpaired) electrons. The summed E-state index contributed by atoms with van der Waals surface area (Å²) in [5.74, 6) is 0. The second kappa shape index (κ2) is 5.67. The van der Waals surface area contributed by atoms with Gasteiger partial charge in [-0.25, -0.2) is 0 Å². The molecule has 0 atom stereocenters. The average molecular weight is 275 g/mol. The Labute approximate surface area is 81.0 Å². The second-order valence-electron chi connectivity index (χ2n) is 0.448. The zero-order valence-electron chi connectivity index (χ0n) is 3.03. The summed E-state index contributed by atoms with van der Waals surface area (Å²) in [5, 5.41) is 0. The van der Waals surface area contributed by atoms with Crippen molar-refractivity contribution in [2.75, 3.05) is 0 Å². The van der Waals surface area contributed by atoms with Crippen LogP contribution < -0.4 is 0 Å². The predicted molar refractivity (Wildman–Crippen MR) is 21.4 cm³/mol. The molecule has 0 aromatic carbocycles. The van der Waals surface area contributed by atoms with Gasteiger partial charge in [0.1, 0.15) is 0 Å². The third-order valence-electron chi connectivity index (χ3n) is 0. The molecule has 0 bridgehead atoms. The van der Waals surface area contributed by atoms with Crippen molar-refractivity contribution in [3.05, 3.63) is 0 Å². The third-order valence-corrected chi connectivity index (χ3v) is 0. The van der Waals surface area contributed by atoms with Crippen LogP contribution in [-0.2, 0) is 10.4 Å². The van der Waals surface area contributed by atoms with Gasteiger partial charge >= 0.3 is 10.4 Å². The smallest absolute Gasteiger partial charge is 0.264 e. The monoisotopic (exact) mass is 274 g/mol. The van der Waals surface area contributed by atoms with E-state index in [1.165, 1.54) is 0 Å². The Kier molecular flexibility index (Phi) is 12.8. The van der Waals surface area contributed by atoms with E-state index < -0.39 is 10.4 Å². The van der Waals surface area contributed by atoms with Gasteiger partial charge in [-0.2, -0.15) is 8.42 Å². The van der Waals surface area contributed by atoms with Crippen LogP contribution in [0.15, 0.2) is 0 Å². The summed E-state index contributed by atoms with van der Waals surface area (Å²) in [7, 11) is -4.67. The number of hydrogen-bond donors (Lipinski definition) is 2. The fourth-order valence-electron chi connectivity index (χ4n) is 0. The average Bonchev–Trinajstić information content (AvgIpc) is 0.722. The molecule has 0 fully saturated rings. The Hall–Kier alpha value is 1.54. The first kappa shape index (κ1) is 15.8. The van der Waals surface area contributed by atoms with Gasteiger partial charge < -0.3 is 0 Å². The molecule has 0 saturated carbocycles. The van der Waals surface area contributed by atoms with Gasteiger partial charge in [0, 0.05) is 41.7 Å². The van der Waals surface area contributed by atoms with Crippen LogP contribution in [0.5, 0.6) is 0 Å². The molecule has 7 heavy (non-hydrogen) atoms. The summed E-state index contributed by atoms with van der Waals surface area (Å²) in [6.07, 6.45) is 0. The van der Waals surface area contributed by atoms with Gasteiger partial charge in [-0.15, -0.1) is 12.4 Å². The van der Waals surface area contributed by atoms with Crippen LogP contribution in [0.25, 0.3) is 0 Å². The van der Waals surface area contributed by atoms with E-state index in [9.17, 15) is 0 Å². The molecule has 2 N–H and O–H groups in total. The van der Waals surface area contributed by atoms with Crippen LogP contribution in [-0.4, -0.2) is 17.5 Å². The Bertz CT molecular complexity index is 94.9. The van der Waals surface area contributed by atoms with Gasteiger partial charge in [0.2, 0.25) is 0 Å². The van der Waals surface area contributed by atoms with Crippen LogP contribution in [0.4, 0.5) is 0 Å². The maximum Gasteiger partial charge on any atom is 0.394 e. The van der Waals surface area contributed by atoms with E-state index >= 15 is 0 Å². The third kappa shape index (κ3) is 97.8. The summed E-state index contributed by atoms with van der Waals surface area (Å²) in [6, 6.07) is 0. The minimum Gasteiger partial charge on any atom is -0.264 e. The molecule has 0 aromatic heterocycles. The molecule has 0 spiro atoms. The van der Waals surface area contributed by atoms with Gasteiger partial charge in [-0.05, 0) is 0 Å². The van der Waals surface area contributed by atoms with Gasteiger partial charge in [-0.1, -0.05) is 0 Å². The number of hydrogen-bond acceptors (Lipinski definition) is 2. The van der Waals surface area contributed by atoms with Crippen molar-refractivity contribution in [1.29, 1.82) is 0 Å². The summed E-state index contributed by atoms with van der Waals surface area (Å²) in [5.41, 5.74) is 0. The van der Waals surface area contributed by atoms with E-state index in [4.69, 9.17) is 17.5 Å². The summed E-state index contributed by atoms with van der Waals surface area (Å²) < 4.78 is 31.6. The van der Waals surface area contributed by atoms with E-state index in [-0.39, 0.29) is 54.2 Å². The SMILES string of the molecule is Cl.O=S(=O)(O)O.[Ce]. The van der Waals surface area contributed by atoms with Crippen molar-refractivity contribution in [2.45, 2.75) is 0 Å². The molecule has 0 amide bonds. The first-order chi connectivity index (χ1) is 2.00. The summed E-state index contributed by atoms with van der Waals surface area (Å²) in [4.78, 5) is 0. The van der Waals surface area contributed by atoms with Gasteiger partial charge in [0.25, 0.3) is 0 Å². The van der Waals surface area contributed by atoms with E-state index in [1.807, 2.05) is 0 Å². The van der Waals surface area contributed by atoms with Crippen LogP contribution >= 0.6 is 12.4 Å². The van der Waals surface area contributed by atoms with Crippen LogP contribution in [0.1, 0.15) is 0 Å². The van der Waals surface area contributed by atoms with Crippen molar-refractivity contribution in [1.82, 2.24) is 0 Å². The summed E-state index contributed by atoms with van der Waals surface area (Å²) in [6.45, 7) is 0. The Morgan fingerprint density at radius 1 is 1.14 bits per heavy atom. The molecule has 0 saturated heterocycles. The molecule has 0 heterocycles. The molecule has 4 nitrogen and oxygen atoms in total. The van der Waals surface area contributed by atoms with E-state index in [0.29, 0.717) is 0 Å². The predicted octanol–water partition coefficient (Wildman–Crippen LogP) is -0.231. The standard InChI is InChI=1S/Ce.ClH.H2O4S/c;;1-5(2,3)4/h;1H;(H2,1,2,3,4). The zero-order valence-corrected chi connectivity index (χ0v) is 7.80. The molecule has 0 aromatic rings. The second-order valence-corrected chi connectivity index (χ2v) is 1.34. The van der Waals surface area contributed by atoms with E-state index in [1.54, 1.807) is 0 Å². The normalized spacial score (nSPS) is 8.29. The number of halogens is 1. The molecular weight excluding hydrogens is 272 g/mol. The first-order valence-corrected chi connectivity index (χ1v) is 2.10. The molecule has 0 rings (SSSR count). The summed E-state index contributed by atoms with van der Waals surface area (Å²) >= 11 is 0. The first-order valence-electron chi connectivity index (χ1n) is 0.698. The van der Waals surface area contributed by atoms with Gasteiger partial charge in [0.15, 0.2) is 0 Å². The topological polar surface area (TPSA) is 74.6 Å². The molecule has 0 aliphatic carbocycles. The molecule has 7 heteroatoms. The minimum absolute atomic E-state index is 0. The quantitative estimate of drug-likeness (QED) is 0.599. The van der Waals surface area contributed by atoms with Crippen molar-refractivity contribution in [2.24, 2.45) is 0 Å². The van der Waals surface area contributed by atoms with Crippen molar-refractivity contribution in [3.63, 3.8) is 0 Å². The Morgan fingerprint density at radius 2 is 1.14 bits per heavy atom. The fourth-order valence-corrected chi connectivity index (χ4v) is 0.